The van der Waals surface area contributed by atoms with E-state index in [9.17, 15) is 9.18 Å². The van der Waals surface area contributed by atoms with E-state index in [1.54, 1.807) is 19.1 Å². The number of aromatic nitrogens is 1. The summed E-state index contributed by atoms with van der Waals surface area (Å²) in [6, 6.07) is 15.4. The molecule has 1 aromatic heterocycles. The number of pyridine rings is 1. The summed E-state index contributed by atoms with van der Waals surface area (Å²) in [5.74, 6) is -0.884. The number of nitrogens with zero attached hydrogens (tertiary/aromatic N) is 1. The highest BCUT2D eigenvalue weighted by Gasteiger charge is 2.15. The molecule has 0 saturated carbocycles. The molecule has 3 rings (SSSR count). The Morgan fingerprint density at radius 1 is 1.14 bits per heavy atom. The average molecular weight is 295 g/mol. The largest absolute Gasteiger partial charge is 0.462 e. The summed E-state index contributed by atoms with van der Waals surface area (Å²) in [5, 5.41) is 0.457. The van der Waals surface area contributed by atoms with Gasteiger partial charge in [-0.15, -0.1) is 0 Å². The lowest BCUT2D eigenvalue weighted by atomic mass is 10.0. The zero-order valence-electron chi connectivity index (χ0n) is 12.0. The van der Waals surface area contributed by atoms with Gasteiger partial charge in [0.15, 0.2) is 0 Å². The van der Waals surface area contributed by atoms with Gasteiger partial charge in [0.1, 0.15) is 5.82 Å². The third-order valence-electron chi connectivity index (χ3n) is 3.34. The van der Waals surface area contributed by atoms with Gasteiger partial charge in [-0.2, -0.15) is 0 Å². The molecular weight excluding hydrogens is 281 g/mol. The van der Waals surface area contributed by atoms with Gasteiger partial charge in [-0.25, -0.2) is 14.2 Å². The summed E-state index contributed by atoms with van der Waals surface area (Å²) in [7, 11) is 0. The van der Waals surface area contributed by atoms with E-state index in [2.05, 4.69) is 4.98 Å². The Bertz CT molecular complexity index is 831. The number of esters is 1. The monoisotopic (exact) mass is 295 g/mol. The van der Waals surface area contributed by atoms with Crippen molar-refractivity contribution in [2.45, 2.75) is 6.92 Å². The molecule has 4 heteroatoms. The Kier molecular flexibility index (Phi) is 3.83. The number of rotatable bonds is 3. The Morgan fingerprint density at radius 3 is 2.64 bits per heavy atom. The lowest BCUT2D eigenvalue weighted by Crippen LogP contribution is -2.06. The van der Waals surface area contributed by atoms with Crippen molar-refractivity contribution in [2.75, 3.05) is 6.61 Å². The number of halogens is 1. The van der Waals surface area contributed by atoms with Gasteiger partial charge < -0.3 is 4.74 Å². The first-order chi connectivity index (χ1) is 10.7. The standard InChI is InChI=1S/C18H14FNO2/c1-2-22-18(21)15-11-17(12-6-4-3-5-7-12)20-16-9-8-13(19)10-14(15)16/h3-11H,2H2,1H3. The van der Waals surface area contributed by atoms with Gasteiger partial charge in [0.05, 0.1) is 23.4 Å². The molecular formula is C18H14FNO2. The van der Waals surface area contributed by atoms with Crippen LogP contribution in [-0.4, -0.2) is 17.6 Å². The Hall–Kier alpha value is -2.75. The van der Waals surface area contributed by atoms with Crippen molar-refractivity contribution in [1.29, 1.82) is 0 Å². The van der Waals surface area contributed by atoms with Gasteiger partial charge in [-0.1, -0.05) is 30.3 Å². The first-order valence-electron chi connectivity index (χ1n) is 7.02. The van der Waals surface area contributed by atoms with Gasteiger partial charge in [0.25, 0.3) is 0 Å². The Labute approximate surface area is 127 Å². The number of hydrogen-bond donors (Lipinski definition) is 0. The summed E-state index contributed by atoms with van der Waals surface area (Å²) in [5.41, 5.74) is 2.43. The molecule has 2 aromatic carbocycles. The van der Waals surface area contributed by atoms with Crippen LogP contribution in [0, 0.1) is 5.82 Å². The fourth-order valence-electron chi connectivity index (χ4n) is 2.33. The average Bonchev–Trinajstić information content (AvgIpc) is 2.55. The molecule has 0 N–H and O–H groups in total. The van der Waals surface area contributed by atoms with Gasteiger partial charge in [0.2, 0.25) is 0 Å². The van der Waals surface area contributed by atoms with Crippen LogP contribution in [0.1, 0.15) is 17.3 Å². The minimum absolute atomic E-state index is 0.263. The number of benzene rings is 2. The second kappa shape index (κ2) is 5.93. The molecule has 0 aliphatic rings. The van der Waals surface area contributed by atoms with Crippen molar-refractivity contribution in [2.24, 2.45) is 0 Å². The number of carbonyl (C=O) groups is 1. The van der Waals surface area contributed by atoms with E-state index >= 15 is 0 Å². The van der Waals surface area contributed by atoms with Crippen LogP contribution in [0.25, 0.3) is 22.2 Å². The summed E-state index contributed by atoms with van der Waals surface area (Å²) in [6.07, 6.45) is 0. The molecule has 0 aliphatic carbocycles. The van der Waals surface area contributed by atoms with E-state index in [-0.39, 0.29) is 6.61 Å². The molecule has 0 unspecified atom stereocenters. The van der Waals surface area contributed by atoms with Crippen molar-refractivity contribution < 1.29 is 13.9 Å². The first-order valence-corrected chi connectivity index (χ1v) is 7.02. The highest BCUT2D eigenvalue weighted by molar-refractivity contribution is 6.04. The first kappa shape index (κ1) is 14.2. The zero-order valence-corrected chi connectivity index (χ0v) is 12.0. The Balaban J connectivity index is 2.25. The predicted octanol–water partition coefficient (Wildman–Crippen LogP) is 4.22. The molecule has 0 saturated heterocycles. The molecule has 110 valence electrons. The Morgan fingerprint density at radius 2 is 1.91 bits per heavy atom. The molecule has 0 atom stereocenters. The topological polar surface area (TPSA) is 39.2 Å². The van der Waals surface area contributed by atoms with Crippen molar-refractivity contribution in [1.82, 2.24) is 4.98 Å². The van der Waals surface area contributed by atoms with Gasteiger partial charge >= 0.3 is 5.97 Å². The van der Waals surface area contributed by atoms with E-state index in [1.165, 1.54) is 12.1 Å². The lowest BCUT2D eigenvalue weighted by Gasteiger charge is -2.09. The lowest BCUT2D eigenvalue weighted by molar-refractivity contribution is 0.0528. The maximum absolute atomic E-state index is 13.5. The summed E-state index contributed by atoms with van der Waals surface area (Å²) < 4.78 is 18.6. The van der Waals surface area contributed by atoms with Crippen LogP contribution in [0.4, 0.5) is 4.39 Å². The summed E-state index contributed by atoms with van der Waals surface area (Å²) in [4.78, 5) is 16.7. The zero-order chi connectivity index (χ0) is 15.5. The van der Waals surface area contributed by atoms with Crippen molar-refractivity contribution in [3.63, 3.8) is 0 Å². The maximum atomic E-state index is 13.5. The fourth-order valence-corrected chi connectivity index (χ4v) is 2.33. The number of hydrogen-bond acceptors (Lipinski definition) is 3. The normalized spacial score (nSPS) is 10.6. The molecule has 0 aliphatic heterocycles. The molecule has 0 amide bonds. The van der Waals surface area contributed by atoms with Crippen LogP contribution >= 0.6 is 0 Å². The maximum Gasteiger partial charge on any atom is 0.338 e. The van der Waals surface area contributed by atoms with Crippen molar-refractivity contribution >= 4 is 16.9 Å². The van der Waals surface area contributed by atoms with Crippen LogP contribution in [0.2, 0.25) is 0 Å². The molecule has 22 heavy (non-hydrogen) atoms. The molecule has 0 spiro atoms. The SMILES string of the molecule is CCOC(=O)c1cc(-c2ccccc2)nc2ccc(F)cc12. The number of fused-ring (bicyclic) bond motifs is 1. The summed E-state index contributed by atoms with van der Waals surface area (Å²) >= 11 is 0. The van der Waals surface area contributed by atoms with Crippen molar-refractivity contribution in [3.05, 3.63) is 66.0 Å². The van der Waals surface area contributed by atoms with Crippen LogP contribution in [-0.2, 0) is 4.74 Å². The highest BCUT2D eigenvalue weighted by Crippen LogP contribution is 2.26. The molecule has 0 radical (unpaired) electrons. The highest BCUT2D eigenvalue weighted by atomic mass is 19.1. The van der Waals surface area contributed by atoms with Gasteiger partial charge in [-0.05, 0) is 31.2 Å². The van der Waals surface area contributed by atoms with E-state index in [4.69, 9.17) is 4.74 Å². The van der Waals surface area contributed by atoms with E-state index in [0.717, 1.165) is 5.56 Å². The van der Waals surface area contributed by atoms with E-state index in [0.29, 0.717) is 22.2 Å². The molecule has 1 heterocycles. The third-order valence-corrected chi connectivity index (χ3v) is 3.34. The van der Waals surface area contributed by atoms with Crippen molar-refractivity contribution in [3.8, 4) is 11.3 Å². The fraction of sp³-hybridized carbons (Fsp3) is 0.111. The number of ether oxygens (including phenoxy) is 1. The predicted molar refractivity (Wildman–Crippen MR) is 83.1 cm³/mol. The smallest absolute Gasteiger partial charge is 0.338 e. The summed E-state index contributed by atoms with van der Waals surface area (Å²) in [6.45, 7) is 2.00. The minimum atomic E-state index is -0.474. The molecule has 3 aromatic rings. The molecule has 0 bridgehead atoms. The second-order valence-corrected chi connectivity index (χ2v) is 4.80. The minimum Gasteiger partial charge on any atom is -0.462 e. The van der Waals surface area contributed by atoms with Crippen LogP contribution in [0.3, 0.4) is 0 Å². The van der Waals surface area contributed by atoms with Gasteiger partial charge in [-0.3, -0.25) is 0 Å². The van der Waals surface area contributed by atoms with Crippen LogP contribution in [0.5, 0.6) is 0 Å². The molecule has 3 nitrogen and oxygen atoms in total. The second-order valence-electron chi connectivity index (χ2n) is 4.80. The van der Waals surface area contributed by atoms with Gasteiger partial charge in [0, 0.05) is 10.9 Å². The van der Waals surface area contributed by atoms with Crippen LogP contribution in [0.15, 0.2) is 54.6 Å². The van der Waals surface area contributed by atoms with E-state index < -0.39 is 11.8 Å². The third kappa shape index (κ3) is 2.68. The van der Waals surface area contributed by atoms with Crippen LogP contribution < -0.4 is 0 Å². The number of carbonyl (C=O) groups excluding carboxylic acids is 1. The quantitative estimate of drug-likeness (QED) is 0.679. The van der Waals surface area contributed by atoms with E-state index in [1.807, 2.05) is 30.3 Å². The molecule has 0 fully saturated rings.